The minimum atomic E-state index is -0.298. The Labute approximate surface area is 199 Å². The molecule has 2 aromatic rings. The van der Waals surface area contributed by atoms with E-state index in [1.807, 2.05) is 24.0 Å². The van der Waals surface area contributed by atoms with Gasteiger partial charge in [0.05, 0.1) is 12.7 Å². The third-order valence-corrected chi connectivity index (χ3v) is 7.32. The Kier molecular flexibility index (Phi) is 6.51. The Bertz CT molecular complexity index is 1010. The number of anilines is 3. The minimum Gasteiger partial charge on any atom is -0.389 e. The Hall–Kier alpha value is -2.26. The third kappa shape index (κ3) is 4.84. The van der Waals surface area contributed by atoms with E-state index in [1.165, 1.54) is 6.21 Å². The van der Waals surface area contributed by atoms with E-state index in [2.05, 4.69) is 26.3 Å². The molecular formula is C24H31ClN6O2. The molecule has 3 aliphatic heterocycles. The lowest BCUT2D eigenvalue weighted by Gasteiger charge is -2.37. The molecule has 0 radical (unpaired) electrons. The highest BCUT2D eigenvalue weighted by atomic mass is 35.5. The highest BCUT2D eigenvalue weighted by Crippen LogP contribution is 2.37. The lowest BCUT2D eigenvalue weighted by atomic mass is 9.87. The maximum Gasteiger partial charge on any atom is 0.136 e. The van der Waals surface area contributed by atoms with Crippen LogP contribution in [0.2, 0.25) is 5.02 Å². The van der Waals surface area contributed by atoms with Crippen molar-refractivity contribution in [2.75, 3.05) is 49.6 Å². The Morgan fingerprint density at radius 2 is 1.97 bits per heavy atom. The molecule has 33 heavy (non-hydrogen) atoms. The van der Waals surface area contributed by atoms with E-state index in [0.717, 1.165) is 73.2 Å². The van der Waals surface area contributed by atoms with Crippen molar-refractivity contribution < 1.29 is 9.84 Å². The molecule has 1 atom stereocenters. The highest BCUT2D eigenvalue weighted by Gasteiger charge is 2.30. The van der Waals surface area contributed by atoms with Gasteiger partial charge in [0.2, 0.25) is 0 Å². The van der Waals surface area contributed by atoms with Crippen molar-refractivity contribution >= 4 is 35.1 Å². The number of ether oxygens (including phenoxy) is 1. The van der Waals surface area contributed by atoms with Crippen LogP contribution in [0.15, 0.2) is 18.2 Å². The van der Waals surface area contributed by atoms with E-state index < -0.39 is 0 Å². The topological polar surface area (TPSA) is 97.6 Å². The fraction of sp³-hybridized carbons (Fsp3) is 0.542. The van der Waals surface area contributed by atoms with Gasteiger partial charge >= 0.3 is 0 Å². The molecule has 3 fully saturated rings. The number of aromatic nitrogens is 2. The number of aliphatic hydroxyl groups excluding tert-OH is 1. The van der Waals surface area contributed by atoms with Gasteiger partial charge in [0.25, 0.3) is 0 Å². The molecule has 9 heteroatoms. The van der Waals surface area contributed by atoms with Gasteiger partial charge in [-0.3, -0.25) is 4.90 Å². The second-order valence-electron chi connectivity index (χ2n) is 9.28. The first-order chi connectivity index (χ1) is 16.0. The second kappa shape index (κ2) is 9.54. The van der Waals surface area contributed by atoms with E-state index in [-0.39, 0.29) is 6.10 Å². The summed E-state index contributed by atoms with van der Waals surface area (Å²) in [6.07, 6.45) is 4.28. The fourth-order valence-corrected chi connectivity index (χ4v) is 5.42. The number of rotatable bonds is 6. The molecule has 0 saturated carbocycles. The Balaban J connectivity index is 1.35. The van der Waals surface area contributed by atoms with Gasteiger partial charge in [0.15, 0.2) is 0 Å². The number of hydrogen-bond donors (Lipinski definition) is 3. The molecule has 4 heterocycles. The minimum absolute atomic E-state index is 0.298. The van der Waals surface area contributed by atoms with Crippen LogP contribution in [0.1, 0.15) is 42.1 Å². The first-order valence-corrected chi connectivity index (χ1v) is 12.1. The van der Waals surface area contributed by atoms with Crippen LogP contribution < -0.4 is 10.2 Å². The predicted molar refractivity (Wildman–Crippen MR) is 130 cm³/mol. The normalized spacial score (nSPS) is 22.4. The zero-order valence-electron chi connectivity index (χ0n) is 18.9. The summed E-state index contributed by atoms with van der Waals surface area (Å²) in [5.41, 5.74) is 2.68. The van der Waals surface area contributed by atoms with Gasteiger partial charge in [0, 0.05) is 54.3 Å². The molecule has 1 unspecified atom stereocenters. The van der Waals surface area contributed by atoms with Gasteiger partial charge in [-0.15, -0.1) is 0 Å². The standard InChI is InChI=1S/C24H31ClN6O2/c1-15-27-23(10-24(28-15)31-12-19(32)13-31)29-22-9-20(21(25)8-17(22)11-26)16-2-5-30(6-3-16)18-4-7-33-14-18/h8-11,16,18-19,26,32H,2-7,12-14H2,1H3,(H,27,28,29). The molecule has 0 bridgehead atoms. The van der Waals surface area contributed by atoms with Crippen LogP contribution in [0.5, 0.6) is 0 Å². The number of aliphatic hydroxyl groups is 1. The van der Waals surface area contributed by atoms with Gasteiger partial charge in [-0.25, -0.2) is 9.97 Å². The van der Waals surface area contributed by atoms with Crippen molar-refractivity contribution in [3.63, 3.8) is 0 Å². The van der Waals surface area contributed by atoms with E-state index in [4.69, 9.17) is 21.7 Å². The number of benzene rings is 1. The maximum absolute atomic E-state index is 9.63. The summed E-state index contributed by atoms with van der Waals surface area (Å²) in [4.78, 5) is 13.6. The zero-order valence-corrected chi connectivity index (χ0v) is 19.7. The third-order valence-electron chi connectivity index (χ3n) is 6.99. The van der Waals surface area contributed by atoms with E-state index >= 15 is 0 Å². The SMILES string of the molecule is Cc1nc(Nc2cc(C3CCN(C4CCOC4)CC3)c(Cl)cc2C=N)cc(N2CC(O)C2)n1. The molecule has 176 valence electrons. The summed E-state index contributed by atoms with van der Waals surface area (Å²) in [7, 11) is 0. The smallest absolute Gasteiger partial charge is 0.136 e. The van der Waals surface area contributed by atoms with Crippen LogP contribution in [0.4, 0.5) is 17.3 Å². The average molecular weight is 471 g/mol. The number of nitrogens with zero attached hydrogens (tertiary/aromatic N) is 4. The summed E-state index contributed by atoms with van der Waals surface area (Å²) in [6.45, 7) is 6.86. The van der Waals surface area contributed by atoms with Crippen molar-refractivity contribution in [3.8, 4) is 0 Å². The molecule has 1 aromatic carbocycles. The fourth-order valence-electron chi connectivity index (χ4n) is 5.09. The number of aryl methyl sites for hydroxylation is 1. The number of hydrogen-bond acceptors (Lipinski definition) is 8. The van der Waals surface area contributed by atoms with Crippen LogP contribution >= 0.6 is 11.6 Å². The van der Waals surface area contributed by atoms with E-state index in [1.54, 1.807) is 0 Å². The molecule has 3 aliphatic rings. The van der Waals surface area contributed by atoms with Gasteiger partial charge < -0.3 is 25.5 Å². The average Bonchev–Trinajstić information content (AvgIpc) is 3.32. The van der Waals surface area contributed by atoms with Crippen LogP contribution in [-0.2, 0) is 4.74 Å². The van der Waals surface area contributed by atoms with Gasteiger partial charge in [-0.05, 0) is 62.9 Å². The van der Waals surface area contributed by atoms with Crippen LogP contribution in [-0.4, -0.2) is 77.7 Å². The number of β-amino-alcohol motifs (C(OH)–C–C–N with tert-alkyl or cyclic N) is 1. The van der Waals surface area contributed by atoms with E-state index in [0.29, 0.717) is 36.7 Å². The molecule has 0 aliphatic carbocycles. The molecule has 5 rings (SSSR count). The molecular weight excluding hydrogens is 440 g/mol. The predicted octanol–water partition coefficient (Wildman–Crippen LogP) is 3.33. The lowest BCUT2D eigenvalue weighted by molar-refractivity contribution is 0.122. The number of likely N-dealkylation sites (tertiary alicyclic amines) is 1. The van der Waals surface area contributed by atoms with Crippen molar-refractivity contribution in [2.24, 2.45) is 0 Å². The molecule has 0 spiro atoms. The molecule has 1 aromatic heterocycles. The summed E-state index contributed by atoms with van der Waals surface area (Å²) >= 11 is 6.69. The summed E-state index contributed by atoms with van der Waals surface area (Å²) < 4.78 is 5.57. The number of nitrogens with one attached hydrogen (secondary N) is 2. The summed E-state index contributed by atoms with van der Waals surface area (Å²) in [5, 5.41) is 21.6. The van der Waals surface area contributed by atoms with Gasteiger partial charge in [-0.2, -0.15) is 0 Å². The quantitative estimate of drug-likeness (QED) is 0.557. The van der Waals surface area contributed by atoms with E-state index in [9.17, 15) is 5.11 Å². The maximum atomic E-state index is 9.63. The summed E-state index contributed by atoms with van der Waals surface area (Å²) in [5.74, 6) is 2.52. The van der Waals surface area contributed by atoms with Crippen LogP contribution in [0.25, 0.3) is 0 Å². The Morgan fingerprint density at radius 3 is 2.64 bits per heavy atom. The second-order valence-corrected chi connectivity index (χ2v) is 9.68. The largest absolute Gasteiger partial charge is 0.389 e. The highest BCUT2D eigenvalue weighted by molar-refractivity contribution is 6.32. The molecule has 0 amide bonds. The van der Waals surface area contributed by atoms with Crippen LogP contribution in [0, 0.1) is 12.3 Å². The first kappa shape index (κ1) is 22.5. The monoisotopic (exact) mass is 470 g/mol. The molecule has 8 nitrogen and oxygen atoms in total. The molecule has 3 N–H and O–H groups in total. The van der Waals surface area contributed by atoms with Crippen LogP contribution in [0.3, 0.4) is 0 Å². The van der Waals surface area contributed by atoms with Gasteiger partial charge in [0.1, 0.15) is 17.5 Å². The number of halogens is 1. The number of piperidine rings is 1. The van der Waals surface area contributed by atoms with Crippen molar-refractivity contribution in [1.29, 1.82) is 5.41 Å². The molecule has 3 saturated heterocycles. The van der Waals surface area contributed by atoms with Crippen molar-refractivity contribution in [2.45, 2.75) is 44.2 Å². The Morgan fingerprint density at radius 1 is 1.18 bits per heavy atom. The first-order valence-electron chi connectivity index (χ1n) is 11.7. The van der Waals surface area contributed by atoms with Crippen molar-refractivity contribution in [3.05, 3.63) is 40.2 Å². The van der Waals surface area contributed by atoms with Gasteiger partial charge in [-0.1, -0.05) is 11.6 Å². The van der Waals surface area contributed by atoms with Crippen molar-refractivity contribution in [1.82, 2.24) is 14.9 Å². The summed E-state index contributed by atoms with van der Waals surface area (Å²) in [6, 6.07) is 6.42. The zero-order chi connectivity index (χ0) is 22.9. The lowest BCUT2D eigenvalue weighted by Crippen LogP contribution is -2.51.